The van der Waals surface area contributed by atoms with Gasteiger partial charge in [-0.05, 0) is 30.0 Å². The van der Waals surface area contributed by atoms with Crippen molar-refractivity contribution in [3.05, 3.63) is 29.8 Å². The number of rotatable bonds is 5. The summed E-state index contributed by atoms with van der Waals surface area (Å²) in [7, 11) is 3.12. The van der Waals surface area contributed by atoms with Gasteiger partial charge in [0.2, 0.25) is 0 Å². The number of hydrogen-bond donors (Lipinski definition) is 1. The smallest absolute Gasteiger partial charge is 0.302 e. The third-order valence-electron chi connectivity index (χ3n) is 3.37. The number of phenols is 1. The Morgan fingerprint density at radius 3 is 2.50 bits per heavy atom. The first kappa shape index (κ1) is 15.9. The molecule has 0 fully saturated rings. The summed E-state index contributed by atoms with van der Waals surface area (Å²) in [5.41, 5.74) is 0.869. The van der Waals surface area contributed by atoms with Crippen LogP contribution in [0, 0.1) is 0 Å². The summed E-state index contributed by atoms with van der Waals surface area (Å²) in [6, 6.07) is 7.15. The molecule has 0 aliphatic rings. The number of carbonyl (C=O) groups excluding carboxylic acids is 1. The van der Waals surface area contributed by atoms with Crippen molar-refractivity contribution in [3.63, 3.8) is 0 Å². The van der Waals surface area contributed by atoms with Crippen LogP contribution < -0.4 is 9.47 Å². The van der Waals surface area contributed by atoms with Crippen LogP contribution in [0.25, 0.3) is 10.8 Å². The highest BCUT2D eigenvalue weighted by atomic mass is 16.5. The number of esters is 1. The molecule has 5 heteroatoms. The highest BCUT2D eigenvalue weighted by Crippen LogP contribution is 2.38. The van der Waals surface area contributed by atoms with E-state index in [9.17, 15) is 9.90 Å². The summed E-state index contributed by atoms with van der Waals surface area (Å²) in [6.45, 7) is 3.19. The predicted molar refractivity (Wildman–Crippen MR) is 83.6 cm³/mol. The number of methoxy groups -OCH3 is 2. The van der Waals surface area contributed by atoms with Crippen molar-refractivity contribution >= 4 is 16.7 Å². The molecule has 1 atom stereocenters. The average molecular weight is 304 g/mol. The lowest BCUT2D eigenvalue weighted by Crippen LogP contribution is -2.14. The monoisotopic (exact) mass is 304 g/mol. The van der Waals surface area contributed by atoms with E-state index in [0.717, 1.165) is 10.9 Å². The Labute approximate surface area is 129 Å². The number of carbonyl (C=O) groups is 1. The Kier molecular flexibility index (Phi) is 4.75. The molecule has 0 bridgehead atoms. The maximum absolute atomic E-state index is 11.0. The Bertz CT molecular complexity index is 693. The summed E-state index contributed by atoms with van der Waals surface area (Å²) in [5, 5.41) is 11.7. The molecule has 0 saturated carbocycles. The molecule has 0 unspecified atom stereocenters. The van der Waals surface area contributed by atoms with Gasteiger partial charge in [-0.2, -0.15) is 0 Å². The maximum atomic E-state index is 11.0. The van der Waals surface area contributed by atoms with Gasteiger partial charge in [-0.15, -0.1) is 0 Å². The second-order valence-electron chi connectivity index (χ2n) is 5.17. The lowest BCUT2D eigenvalue weighted by Gasteiger charge is -2.15. The first-order valence-corrected chi connectivity index (χ1v) is 6.99. The SMILES string of the molecule is COc1cc(OC)c2c(O)cc(C[C@@H](C)OC(C)=O)cc2c1. The number of hydrogen-bond acceptors (Lipinski definition) is 5. The minimum atomic E-state index is -0.319. The summed E-state index contributed by atoms with van der Waals surface area (Å²) in [4.78, 5) is 11.0. The van der Waals surface area contributed by atoms with Crippen molar-refractivity contribution < 1.29 is 24.1 Å². The molecule has 2 aromatic rings. The fraction of sp³-hybridized carbons (Fsp3) is 0.353. The predicted octanol–water partition coefficient (Wildman–Crippen LogP) is 3.06. The first-order valence-electron chi connectivity index (χ1n) is 6.99. The maximum Gasteiger partial charge on any atom is 0.302 e. The molecule has 0 spiro atoms. The zero-order valence-electron chi connectivity index (χ0n) is 13.2. The van der Waals surface area contributed by atoms with Crippen LogP contribution in [-0.2, 0) is 16.0 Å². The van der Waals surface area contributed by atoms with Gasteiger partial charge >= 0.3 is 5.97 Å². The van der Waals surface area contributed by atoms with Crippen molar-refractivity contribution in [2.24, 2.45) is 0 Å². The Balaban J connectivity index is 2.45. The number of fused-ring (bicyclic) bond motifs is 1. The lowest BCUT2D eigenvalue weighted by molar-refractivity contribution is -0.145. The Hall–Kier alpha value is -2.43. The van der Waals surface area contributed by atoms with Crippen LogP contribution >= 0.6 is 0 Å². The van der Waals surface area contributed by atoms with Gasteiger partial charge in [-0.1, -0.05) is 6.07 Å². The molecule has 0 heterocycles. The van der Waals surface area contributed by atoms with Gasteiger partial charge in [0.1, 0.15) is 23.4 Å². The molecule has 5 nitrogen and oxygen atoms in total. The quantitative estimate of drug-likeness (QED) is 0.860. The van der Waals surface area contributed by atoms with E-state index >= 15 is 0 Å². The largest absolute Gasteiger partial charge is 0.507 e. The van der Waals surface area contributed by atoms with Crippen molar-refractivity contribution in [1.29, 1.82) is 0 Å². The van der Waals surface area contributed by atoms with E-state index in [4.69, 9.17) is 14.2 Å². The van der Waals surface area contributed by atoms with Crippen LogP contribution in [0.2, 0.25) is 0 Å². The van der Waals surface area contributed by atoms with Gasteiger partial charge in [0.25, 0.3) is 0 Å². The third kappa shape index (κ3) is 3.42. The molecule has 118 valence electrons. The van der Waals surface area contributed by atoms with E-state index in [2.05, 4.69) is 0 Å². The van der Waals surface area contributed by atoms with E-state index < -0.39 is 0 Å². The molecule has 2 rings (SSSR count). The van der Waals surface area contributed by atoms with Crippen molar-refractivity contribution in [3.8, 4) is 17.2 Å². The Morgan fingerprint density at radius 1 is 1.18 bits per heavy atom. The van der Waals surface area contributed by atoms with E-state index in [0.29, 0.717) is 23.3 Å². The second-order valence-corrected chi connectivity index (χ2v) is 5.17. The topological polar surface area (TPSA) is 65.0 Å². The molecule has 0 radical (unpaired) electrons. The number of aromatic hydroxyl groups is 1. The van der Waals surface area contributed by atoms with E-state index in [1.807, 2.05) is 19.1 Å². The molecule has 0 aromatic heterocycles. The highest BCUT2D eigenvalue weighted by molar-refractivity contribution is 5.95. The van der Waals surface area contributed by atoms with Crippen LogP contribution in [0.4, 0.5) is 0 Å². The molecule has 0 saturated heterocycles. The normalized spacial score (nSPS) is 12.0. The third-order valence-corrected chi connectivity index (χ3v) is 3.37. The van der Waals surface area contributed by atoms with Crippen molar-refractivity contribution in [2.45, 2.75) is 26.4 Å². The van der Waals surface area contributed by atoms with Crippen molar-refractivity contribution in [2.75, 3.05) is 14.2 Å². The van der Waals surface area contributed by atoms with Gasteiger partial charge in [0.05, 0.1) is 19.6 Å². The zero-order chi connectivity index (χ0) is 16.3. The number of phenolic OH excluding ortho intramolecular Hbond substituents is 1. The van der Waals surface area contributed by atoms with Crippen molar-refractivity contribution in [1.82, 2.24) is 0 Å². The standard InChI is InChI=1S/C17H20O5/c1-10(22-11(2)18)5-12-6-13-8-14(20-3)9-16(21-4)17(13)15(19)7-12/h6-10,19H,5H2,1-4H3/t10-/m1/s1. The van der Waals surface area contributed by atoms with Crippen LogP contribution in [0.5, 0.6) is 17.2 Å². The summed E-state index contributed by atoms with van der Waals surface area (Å²) in [6.07, 6.45) is 0.254. The number of ether oxygens (including phenoxy) is 3. The van der Waals surface area contributed by atoms with Crippen LogP contribution in [0.15, 0.2) is 24.3 Å². The molecule has 2 aromatic carbocycles. The molecular weight excluding hydrogens is 284 g/mol. The van der Waals surface area contributed by atoms with Crippen LogP contribution in [0.1, 0.15) is 19.4 Å². The molecule has 1 N–H and O–H groups in total. The summed E-state index contributed by atoms with van der Waals surface area (Å²) < 4.78 is 15.7. The average Bonchev–Trinajstić information content (AvgIpc) is 2.44. The first-order chi connectivity index (χ1) is 10.4. The zero-order valence-corrected chi connectivity index (χ0v) is 13.2. The molecule has 0 aliphatic carbocycles. The van der Waals surface area contributed by atoms with Gasteiger partial charge in [-0.25, -0.2) is 0 Å². The fourth-order valence-electron chi connectivity index (χ4n) is 2.54. The molecular formula is C17H20O5. The summed E-state index contributed by atoms with van der Waals surface area (Å²) >= 11 is 0. The molecule has 0 aliphatic heterocycles. The van der Waals surface area contributed by atoms with Crippen LogP contribution in [-0.4, -0.2) is 31.4 Å². The van der Waals surface area contributed by atoms with Gasteiger partial charge in [-0.3, -0.25) is 4.79 Å². The minimum absolute atomic E-state index is 0.127. The second kappa shape index (κ2) is 6.56. The summed E-state index contributed by atoms with van der Waals surface area (Å²) in [5.74, 6) is 1.00. The highest BCUT2D eigenvalue weighted by Gasteiger charge is 2.13. The lowest BCUT2D eigenvalue weighted by atomic mass is 10.0. The van der Waals surface area contributed by atoms with E-state index in [-0.39, 0.29) is 17.8 Å². The number of benzene rings is 2. The van der Waals surface area contributed by atoms with Gasteiger partial charge in [0, 0.05) is 19.4 Å². The molecule has 22 heavy (non-hydrogen) atoms. The van der Waals surface area contributed by atoms with Crippen LogP contribution in [0.3, 0.4) is 0 Å². The Morgan fingerprint density at radius 2 is 1.91 bits per heavy atom. The van der Waals surface area contributed by atoms with Gasteiger partial charge in [0.15, 0.2) is 0 Å². The fourth-order valence-corrected chi connectivity index (χ4v) is 2.54. The van der Waals surface area contributed by atoms with Gasteiger partial charge < -0.3 is 19.3 Å². The molecule has 0 amide bonds. The van der Waals surface area contributed by atoms with E-state index in [1.165, 1.54) is 6.92 Å². The van der Waals surface area contributed by atoms with E-state index in [1.54, 1.807) is 26.4 Å². The minimum Gasteiger partial charge on any atom is -0.507 e.